The number of ether oxygens (including phenoxy) is 1. The minimum atomic E-state index is -1.06. The molecule has 0 aromatic heterocycles. The molecule has 1 aromatic carbocycles. The number of fused-ring (bicyclic) bond motifs is 1. The average Bonchev–Trinajstić information content (AvgIpc) is 2.93. The summed E-state index contributed by atoms with van der Waals surface area (Å²) in [7, 11) is 0. The van der Waals surface area contributed by atoms with Crippen molar-refractivity contribution < 1.29 is 23.9 Å². The Hall–Kier alpha value is -2.70. The number of hydrogen-bond donors (Lipinski definition) is 1. The fourth-order valence-electron chi connectivity index (χ4n) is 3.24. The minimum absolute atomic E-state index is 0.0221. The largest absolute Gasteiger partial charge is 0.454 e. The Morgan fingerprint density at radius 3 is 2.04 bits per heavy atom. The summed E-state index contributed by atoms with van der Waals surface area (Å²) in [4.78, 5) is 51.1. The van der Waals surface area contributed by atoms with Crippen molar-refractivity contribution in [1.29, 1.82) is 0 Å². The Labute approximate surface area is 165 Å². The number of benzene rings is 1. The first-order valence-electron chi connectivity index (χ1n) is 9.72. The second-order valence-electron chi connectivity index (χ2n) is 7.36. The first kappa shape index (κ1) is 21.6. The van der Waals surface area contributed by atoms with Crippen LogP contribution in [0.2, 0.25) is 0 Å². The fourth-order valence-corrected chi connectivity index (χ4v) is 3.24. The number of imide groups is 1. The third-order valence-electron chi connectivity index (χ3n) is 4.80. The van der Waals surface area contributed by atoms with Gasteiger partial charge < -0.3 is 10.1 Å². The van der Waals surface area contributed by atoms with Crippen LogP contribution in [0.1, 0.15) is 67.7 Å². The van der Waals surface area contributed by atoms with Gasteiger partial charge in [-0.1, -0.05) is 39.8 Å². The number of rotatable bonds is 9. The van der Waals surface area contributed by atoms with Gasteiger partial charge in [0.15, 0.2) is 6.61 Å². The smallest absolute Gasteiger partial charge is 0.329 e. The molecule has 0 spiro atoms. The van der Waals surface area contributed by atoms with Gasteiger partial charge in [0.05, 0.1) is 11.1 Å². The van der Waals surface area contributed by atoms with Gasteiger partial charge in [-0.3, -0.25) is 19.3 Å². The summed E-state index contributed by atoms with van der Waals surface area (Å²) in [6.07, 6.45) is 1.82. The van der Waals surface area contributed by atoms with Gasteiger partial charge >= 0.3 is 5.97 Å². The first-order chi connectivity index (χ1) is 13.3. The molecule has 0 radical (unpaired) electrons. The molecule has 1 aromatic rings. The van der Waals surface area contributed by atoms with Crippen molar-refractivity contribution in [2.24, 2.45) is 5.92 Å². The molecule has 2 rings (SSSR count). The molecule has 1 aliphatic heterocycles. The van der Waals surface area contributed by atoms with Crippen LogP contribution in [0, 0.1) is 5.92 Å². The van der Waals surface area contributed by atoms with Crippen LogP contribution in [0.4, 0.5) is 0 Å². The van der Waals surface area contributed by atoms with Crippen LogP contribution in [0.5, 0.6) is 0 Å². The molecule has 7 nitrogen and oxygen atoms in total. The number of nitrogens with zero attached hydrogens (tertiary/aromatic N) is 1. The van der Waals surface area contributed by atoms with Gasteiger partial charge in [-0.15, -0.1) is 0 Å². The second-order valence-corrected chi connectivity index (χ2v) is 7.36. The topological polar surface area (TPSA) is 92.8 Å². The van der Waals surface area contributed by atoms with Crippen molar-refractivity contribution in [2.75, 3.05) is 6.61 Å². The van der Waals surface area contributed by atoms with Crippen molar-refractivity contribution >= 4 is 23.7 Å². The van der Waals surface area contributed by atoms with E-state index in [9.17, 15) is 19.2 Å². The van der Waals surface area contributed by atoms with Crippen LogP contribution < -0.4 is 5.32 Å². The highest BCUT2D eigenvalue weighted by Crippen LogP contribution is 2.27. The molecular weight excluding hydrogens is 360 g/mol. The molecule has 1 aliphatic rings. The van der Waals surface area contributed by atoms with Crippen LogP contribution in [-0.4, -0.2) is 47.3 Å². The van der Waals surface area contributed by atoms with Gasteiger partial charge in [0.1, 0.15) is 6.04 Å². The van der Waals surface area contributed by atoms with Gasteiger partial charge in [0.2, 0.25) is 0 Å². The van der Waals surface area contributed by atoms with Crippen LogP contribution in [0.15, 0.2) is 24.3 Å². The van der Waals surface area contributed by atoms with E-state index in [4.69, 9.17) is 4.74 Å². The van der Waals surface area contributed by atoms with E-state index in [1.807, 2.05) is 27.7 Å². The number of amides is 3. The van der Waals surface area contributed by atoms with E-state index in [0.29, 0.717) is 0 Å². The van der Waals surface area contributed by atoms with Crippen molar-refractivity contribution in [2.45, 2.75) is 59.0 Å². The quantitative estimate of drug-likeness (QED) is 0.518. The normalized spacial score (nSPS) is 14.4. The maximum Gasteiger partial charge on any atom is 0.329 e. The fraction of sp³-hybridized carbons (Fsp3) is 0.524. The third-order valence-corrected chi connectivity index (χ3v) is 4.80. The summed E-state index contributed by atoms with van der Waals surface area (Å²) in [6, 6.07) is 5.44. The molecule has 0 bridgehead atoms. The number of esters is 1. The Morgan fingerprint density at radius 1 is 1.04 bits per heavy atom. The van der Waals surface area contributed by atoms with Crippen LogP contribution in [-0.2, 0) is 14.3 Å². The molecule has 28 heavy (non-hydrogen) atoms. The SMILES string of the molecule is CCC(CC)NC(=O)COC(=O)[C@H](CC(C)C)N1C(=O)c2ccccc2C1=O. The maximum atomic E-state index is 12.7. The molecule has 1 atom stereocenters. The van der Waals surface area contributed by atoms with Gasteiger partial charge in [-0.2, -0.15) is 0 Å². The standard InChI is InChI=1S/C21H28N2O5/c1-5-14(6-2)22-18(24)12-28-21(27)17(11-13(3)4)23-19(25)15-9-7-8-10-16(15)20(23)26/h7-10,13-14,17H,5-6,11-12H2,1-4H3,(H,22,24)/t17-/m0/s1. The average molecular weight is 388 g/mol. The second kappa shape index (κ2) is 9.48. The van der Waals surface area contributed by atoms with E-state index in [1.54, 1.807) is 24.3 Å². The molecule has 0 aliphatic carbocycles. The highest BCUT2D eigenvalue weighted by atomic mass is 16.5. The highest BCUT2D eigenvalue weighted by molar-refractivity contribution is 6.22. The maximum absolute atomic E-state index is 12.7. The molecule has 1 N–H and O–H groups in total. The first-order valence-corrected chi connectivity index (χ1v) is 9.72. The summed E-state index contributed by atoms with van der Waals surface area (Å²) in [5.41, 5.74) is 0.557. The lowest BCUT2D eigenvalue weighted by Crippen LogP contribution is -2.47. The lowest BCUT2D eigenvalue weighted by molar-refractivity contribution is -0.153. The van der Waals surface area contributed by atoms with Crippen LogP contribution in [0.3, 0.4) is 0 Å². The van der Waals surface area contributed by atoms with Crippen LogP contribution >= 0.6 is 0 Å². The molecular formula is C21H28N2O5. The molecule has 0 unspecified atom stereocenters. The summed E-state index contributed by atoms with van der Waals surface area (Å²) in [6.45, 7) is 7.26. The Morgan fingerprint density at radius 2 is 1.57 bits per heavy atom. The van der Waals surface area contributed by atoms with Gasteiger partial charge in [0, 0.05) is 6.04 Å². The molecule has 7 heteroatoms. The van der Waals surface area contributed by atoms with Crippen LogP contribution in [0.25, 0.3) is 0 Å². The van der Waals surface area contributed by atoms with E-state index >= 15 is 0 Å². The minimum Gasteiger partial charge on any atom is -0.454 e. The number of hydrogen-bond acceptors (Lipinski definition) is 5. The Balaban J connectivity index is 2.12. The zero-order valence-corrected chi connectivity index (χ0v) is 16.9. The third kappa shape index (κ3) is 4.77. The number of carbonyl (C=O) groups is 4. The zero-order valence-electron chi connectivity index (χ0n) is 16.9. The van der Waals surface area contributed by atoms with Gasteiger partial charge in [0.25, 0.3) is 17.7 Å². The molecule has 152 valence electrons. The van der Waals surface area contributed by atoms with Crippen molar-refractivity contribution in [3.8, 4) is 0 Å². The Kier molecular flexibility index (Phi) is 7.31. The highest BCUT2D eigenvalue weighted by Gasteiger charge is 2.43. The van der Waals surface area contributed by atoms with Crippen molar-refractivity contribution in [3.05, 3.63) is 35.4 Å². The summed E-state index contributed by atoms with van der Waals surface area (Å²) < 4.78 is 5.17. The zero-order chi connectivity index (χ0) is 20.8. The molecule has 3 amide bonds. The number of nitrogens with one attached hydrogen (secondary N) is 1. The molecule has 0 saturated carbocycles. The summed E-state index contributed by atoms with van der Waals surface area (Å²) >= 11 is 0. The molecule has 0 fully saturated rings. The predicted octanol–water partition coefficient (Wildman–Crippen LogP) is 2.55. The van der Waals surface area contributed by atoms with E-state index < -0.39 is 36.3 Å². The Bertz CT molecular complexity index is 720. The summed E-state index contributed by atoms with van der Waals surface area (Å²) in [5.74, 6) is -2.12. The van der Waals surface area contributed by atoms with Crippen molar-refractivity contribution in [1.82, 2.24) is 10.2 Å². The van der Waals surface area contributed by atoms with Gasteiger partial charge in [-0.25, -0.2) is 4.79 Å². The number of carbonyl (C=O) groups excluding carboxylic acids is 4. The molecule has 1 heterocycles. The lowest BCUT2D eigenvalue weighted by Gasteiger charge is -2.26. The summed E-state index contributed by atoms with van der Waals surface area (Å²) in [5, 5.41) is 2.79. The molecule has 0 saturated heterocycles. The predicted molar refractivity (Wildman–Crippen MR) is 104 cm³/mol. The van der Waals surface area contributed by atoms with E-state index in [1.165, 1.54) is 0 Å². The van der Waals surface area contributed by atoms with Crippen molar-refractivity contribution in [3.63, 3.8) is 0 Å². The lowest BCUT2D eigenvalue weighted by atomic mass is 10.0. The monoisotopic (exact) mass is 388 g/mol. The van der Waals surface area contributed by atoms with E-state index in [-0.39, 0.29) is 29.5 Å². The van der Waals surface area contributed by atoms with E-state index in [0.717, 1.165) is 17.7 Å². The van der Waals surface area contributed by atoms with Gasteiger partial charge in [-0.05, 0) is 37.3 Å². The van der Waals surface area contributed by atoms with E-state index in [2.05, 4.69) is 5.32 Å².